The molecule has 1 aromatic carbocycles. The fourth-order valence-corrected chi connectivity index (χ4v) is 1.41. The fraction of sp³-hybridized carbons (Fsp3) is 0.0909. The second kappa shape index (κ2) is 4.04. The number of hydrogen-bond acceptors (Lipinski definition) is 3. The number of nitrogens with zero attached hydrogens (tertiary/aromatic N) is 2. The van der Waals surface area contributed by atoms with Gasteiger partial charge >= 0.3 is 6.18 Å². The van der Waals surface area contributed by atoms with E-state index in [1.165, 1.54) is 24.7 Å². The molecule has 6 heteroatoms. The number of rotatable bonds is 1. The number of aromatic nitrogens is 2. The van der Waals surface area contributed by atoms with Gasteiger partial charge in [-0.15, -0.1) is 0 Å². The van der Waals surface area contributed by atoms with Gasteiger partial charge in [0.05, 0.1) is 17.5 Å². The molecule has 0 saturated heterocycles. The predicted octanol–water partition coefficient (Wildman–Crippen LogP) is 2.74. The van der Waals surface area contributed by atoms with E-state index < -0.39 is 11.7 Å². The molecule has 88 valence electrons. The summed E-state index contributed by atoms with van der Waals surface area (Å²) < 4.78 is 37.3. The lowest BCUT2D eigenvalue weighted by Gasteiger charge is -2.10. The second-order valence-electron chi connectivity index (χ2n) is 3.39. The summed E-state index contributed by atoms with van der Waals surface area (Å²) in [5.41, 5.74) is 5.71. The van der Waals surface area contributed by atoms with Gasteiger partial charge in [0.2, 0.25) is 0 Å². The summed E-state index contributed by atoms with van der Waals surface area (Å²) in [7, 11) is 0. The lowest BCUT2D eigenvalue weighted by Crippen LogP contribution is -2.06. The third-order valence-electron chi connectivity index (χ3n) is 2.22. The summed E-state index contributed by atoms with van der Waals surface area (Å²) in [6.07, 6.45) is -0.0236. The van der Waals surface area contributed by atoms with E-state index in [0.29, 0.717) is 11.3 Å². The first-order chi connectivity index (χ1) is 7.98. The van der Waals surface area contributed by atoms with Crippen LogP contribution in [0, 0.1) is 0 Å². The number of hydrogen-bond donors (Lipinski definition) is 1. The van der Waals surface area contributed by atoms with Crippen LogP contribution >= 0.6 is 0 Å². The Morgan fingerprint density at radius 1 is 1.12 bits per heavy atom. The van der Waals surface area contributed by atoms with Crippen LogP contribution in [0.2, 0.25) is 0 Å². The van der Waals surface area contributed by atoms with E-state index >= 15 is 0 Å². The van der Waals surface area contributed by atoms with Gasteiger partial charge in [0.15, 0.2) is 0 Å². The zero-order valence-electron chi connectivity index (χ0n) is 8.57. The van der Waals surface area contributed by atoms with Gasteiger partial charge in [-0.05, 0) is 12.1 Å². The first kappa shape index (κ1) is 11.4. The molecule has 2 aromatic rings. The summed E-state index contributed by atoms with van der Waals surface area (Å²) in [6.45, 7) is 0. The van der Waals surface area contributed by atoms with Crippen LogP contribution < -0.4 is 5.73 Å². The van der Waals surface area contributed by atoms with Crippen molar-refractivity contribution in [3.63, 3.8) is 0 Å². The van der Waals surface area contributed by atoms with Crippen LogP contribution in [0.3, 0.4) is 0 Å². The Morgan fingerprint density at radius 3 is 2.41 bits per heavy atom. The monoisotopic (exact) mass is 239 g/mol. The average Bonchev–Trinajstić information content (AvgIpc) is 2.29. The molecule has 0 saturated carbocycles. The van der Waals surface area contributed by atoms with E-state index in [2.05, 4.69) is 9.97 Å². The van der Waals surface area contributed by atoms with Crippen LogP contribution in [-0.4, -0.2) is 9.97 Å². The fourth-order valence-electron chi connectivity index (χ4n) is 1.41. The third kappa shape index (κ3) is 2.35. The first-order valence-corrected chi connectivity index (χ1v) is 4.71. The SMILES string of the molecule is Nc1cc(C(F)(F)F)ccc1-c1cnccn1. The Bertz CT molecular complexity index is 523. The second-order valence-corrected chi connectivity index (χ2v) is 3.39. The Kier molecular flexibility index (Phi) is 2.71. The third-order valence-corrected chi connectivity index (χ3v) is 2.22. The van der Waals surface area contributed by atoms with Gasteiger partial charge < -0.3 is 5.73 Å². The molecule has 0 bridgehead atoms. The lowest BCUT2D eigenvalue weighted by atomic mass is 10.1. The molecule has 0 unspecified atom stereocenters. The molecule has 1 aromatic heterocycles. The Morgan fingerprint density at radius 2 is 1.88 bits per heavy atom. The maximum Gasteiger partial charge on any atom is 0.416 e. The molecule has 2 rings (SSSR count). The zero-order valence-corrected chi connectivity index (χ0v) is 8.57. The summed E-state index contributed by atoms with van der Waals surface area (Å²) in [5.74, 6) is 0. The maximum absolute atomic E-state index is 12.4. The Hall–Kier alpha value is -2.11. The van der Waals surface area contributed by atoms with Crippen molar-refractivity contribution in [2.75, 3.05) is 5.73 Å². The highest BCUT2D eigenvalue weighted by molar-refractivity contribution is 5.73. The van der Waals surface area contributed by atoms with Crippen molar-refractivity contribution in [3.05, 3.63) is 42.4 Å². The molecule has 0 aliphatic heterocycles. The molecule has 0 fully saturated rings. The first-order valence-electron chi connectivity index (χ1n) is 4.71. The van der Waals surface area contributed by atoms with Crippen LogP contribution in [-0.2, 0) is 6.18 Å². The van der Waals surface area contributed by atoms with E-state index in [1.54, 1.807) is 0 Å². The normalized spacial score (nSPS) is 11.5. The molecule has 0 aliphatic carbocycles. The van der Waals surface area contributed by atoms with E-state index in [-0.39, 0.29) is 5.69 Å². The van der Waals surface area contributed by atoms with Crippen LogP contribution in [0.15, 0.2) is 36.8 Å². The molecule has 17 heavy (non-hydrogen) atoms. The lowest BCUT2D eigenvalue weighted by molar-refractivity contribution is -0.137. The highest BCUT2D eigenvalue weighted by atomic mass is 19.4. The van der Waals surface area contributed by atoms with Crippen LogP contribution in [0.4, 0.5) is 18.9 Å². The molecule has 0 atom stereocenters. The predicted molar refractivity (Wildman–Crippen MR) is 56.9 cm³/mol. The minimum atomic E-state index is -4.39. The number of alkyl halides is 3. The van der Waals surface area contributed by atoms with E-state index in [9.17, 15) is 13.2 Å². The van der Waals surface area contributed by atoms with Gasteiger partial charge in [-0.25, -0.2) is 0 Å². The number of anilines is 1. The van der Waals surface area contributed by atoms with Crippen LogP contribution in [0.1, 0.15) is 5.56 Å². The molecular formula is C11H8F3N3. The molecule has 0 amide bonds. The molecular weight excluding hydrogens is 231 g/mol. The van der Waals surface area contributed by atoms with Gasteiger partial charge in [0.25, 0.3) is 0 Å². The minimum Gasteiger partial charge on any atom is -0.398 e. The van der Waals surface area contributed by atoms with Gasteiger partial charge in [-0.2, -0.15) is 13.2 Å². The van der Waals surface area contributed by atoms with E-state index in [0.717, 1.165) is 12.1 Å². The zero-order chi connectivity index (χ0) is 12.5. The number of halogens is 3. The van der Waals surface area contributed by atoms with E-state index in [1.807, 2.05) is 0 Å². The van der Waals surface area contributed by atoms with Gasteiger partial charge in [-0.1, -0.05) is 6.07 Å². The highest BCUT2D eigenvalue weighted by Gasteiger charge is 2.30. The Labute approximate surface area is 95.1 Å². The molecule has 0 spiro atoms. The number of benzene rings is 1. The summed E-state index contributed by atoms with van der Waals surface area (Å²) in [5, 5.41) is 0. The van der Waals surface area contributed by atoms with Crippen LogP contribution in [0.5, 0.6) is 0 Å². The van der Waals surface area contributed by atoms with Crippen molar-refractivity contribution in [3.8, 4) is 11.3 Å². The summed E-state index contributed by atoms with van der Waals surface area (Å²) in [6, 6.07) is 3.16. The van der Waals surface area contributed by atoms with Crippen molar-refractivity contribution >= 4 is 5.69 Å². The van der Waals surface area contributed by atoms with Crippen molar-refractivity contribution in [1.29, 1.82) is 0 Å². The largest absolute Gasteiger partial charge is 0.416 e. The number of nitrogen functional groups attached to an aromatic ring is 1. The van der Waals surface area contributed by atoms with Gasteiger partial charge in [0, 0.05) is 23.6 Å². The van der Waals surface area contributed by atoms with Crippen LogP contribution in [0.25, 0.3) is 11.3 Å². The average molecular weight is 239 g/mol. The molecule has 1 heterocycles. The van der Waals surface area contributed by atoms with Gasteiger partial charge in [0.1, 0.15) is 0 Å². The molecule has 0 aliphatic rings. The quantitative estimate of drug-likeness (QED) is 0.778. The summed E-state index contributed by atoms with van der Waals surface area (Å²) >= 11 is 0. The Balaban J connectivity index is 2.46. The molecule has 2 N–H and O–H groups in total. The van der Waals surface area contributed by atoms with Crippen molar-refractivity contribution < 1.29 is 13.2 Å². The molecule has 3 nitrogen and oxygen atoms in total. The molecule has 0 radical (unpaired) electrons. The maximum atomic E-state index is 12.4. The van der Waals surface area contributed by atoms with Crippen molar-refractivity contribution in [2.45, 2.75) is 6.18 Å². The van der Waals surface area contributed by atoms with E-state index in [4.69, 9.17) is 5.73 Å². The standard InChI is InChI=1S/C11H8F3N3/c12-11(13,14)7-1-2-8(9(15)5-7)10-6-16-3-4-17-10/h1-6H,15H2. The van der Waals surface area contributed by atoms with Crippen molar-refractivity contribution in [2.24, 2.45) is 0 Å². The van der Waals surface area contributed by atoms with Gasteiger partial charge in [-0.3, -0.25) is 9.97 Å². The number of nitrogens with two attached hydrogens (primary N) is 1. The topological polar surface area (TPSA) is 51.8 Å². The minimum absolute atomic E-state index is 0.0281. The summed E-state index contributed by atoms with van der Waals surface area (Å²) in [4.78, 5) is 7.81. The van der Waals surface area contributed by atoms with Crippen molar-refractivity contribution in [1.82, 2.24) is 9.97 Å². The highest BCUT2D eigenvalue weighted by Crippen LogP contribution is 2.33. The smallest absolute Gasteiger partial charge is 0.398 e.